The van der Waals surface area contributed by atoms with Crippen LogP contribution in [0.3, 0.4) is 0 Å². The Morgan fingerprint density at radius 1 is 1.46 bits per heavy atom. The molecule has 0 aliphatic carbocycles. The van der Waals surface area contributed by atoms with E-state index in [9.17, 15) is 4.79 Å². The fourth-order valence-electron chi connectivity index (χ4n) is 2.69. The van der Waals surface area contributed by atoms with E-state index in [2.05, 4.69) is 15.3 Å². The molecule has 0 bridgehead atoms. The minimum absolute atomic E-state index is 0.142. The number of pyridine rings is 1. The largest absolute Gasteiger partial charge is 0.481 e. The number of nitrogens with one attached hydrogen (secondary N) is 1. The zero-order valence-electron chi connectivity index (χ0n) is 14.1. The van der Waals surface area contributed by atoms with E-state index < -0.39 is 0 Å². The molecule has 1 amide bonds. The van der Waals surface area contributed by atoms with E-state index in [0.717, 1.165) is 29.4 Å². The van der Waals surface area contributed by atoms with Crippen LogP contribution in [-0.4, -0.2) is 36.2 Å². The molecule has 0 aromatic carbocycles. The number of hydrogen-bond donors (Lipinski definition) is 1. The first-order valence-corrected chi connectivity index (χ1v) is 8.84. The highest BCUT2D eigenvalue weighted by Crippen LogP contribution is 2.31. The van der Waals surface area contributed by atoms with Crippen molar-refractivity contribution in [2.75, 3.05) is 25.6 Å². The molecule has 1 fully saturated rings. The van der Waals surface area contributed by atoms with Crippen molar-refractivity contribution in [3.63, 3.8) is 0 Å². The van der Waals surface area contributed by atoms with E-state index >= 15 is 0 Å². The minimum atomic E-state index is -0.142. The zero-order chi connectivity index (χ0) is 17.1. The number of rotatable bonds is 5. The van der Waals surface area contributed by atoms with E-state index in [0.29, 0.717) is 35.4 Å². The number of ether oxygens (including phenoxy) is 2. The van der Waals surface area contributed by atoms with Crippen molar-refractivity contribution in [1.82, 2.24) is 9.97 Å². The van der Waals surface area contributed by atoms with Gasteiger partial charge in [-0.1, -0.05) is 6.92 Å². The molecule has 3 heterocycles. The lowest BCUT2D eigenvalue weighted by Gasteiger charge is -2.10. The molecule has 24 heavy (non-hydrogen) atoms. The monoisotopic (exact) mass is 347 g/mol. The summed E-state index contributed by atoms with van der Waals surface area (Å²) in [7, 11) is 1.58. The standard InChI is InChI=1S/C17H21N3O3S/c1-4-12-13(5-6-14(19-12)22-3)20-16(21)15-10(2)18-17(24-15)11-7-8-23-9-11/h5-6,11H,4,7-9H2,1-3H3,(H,20,21)/t11-/m0/s1. The Kier molecular flexibility index (Phi) is 5.11. The molecule has 6 nitrogen and oxygen atoms in total. The SMILES string of the molecule is CCc1nc(OC)ccc1NC(=O)c1sc([C@H]2CCOC2)nc1C. The fourth-order valence-corrected chi connectivity index (χ4v) is 3.77. The Balaban J connectivity index is 1.80. The number of nitrogens with zero attached hydrogens (tertiary/aromatic N) is 2. The van der Waals surface area contributed by atoms with Crippen molar-refractivity contribution < 1.29 is 14.3 Å². The van der Waals surface area contributed by atoms with E-state index in [1.165, 1.54) is 11.3 Å². The number of amides is 1. The first-order valence-electron chi connectivity index (χ1n) is 8.02. The fraction of sp³-hybridized carbons (Fsp3) is 0.471. The Labute approximate surface area is 145 Å². The summed E-state index contributed by atoms with van der Waals surface area (Å²) in [6.45, 7) is 5.32. The Hall–Kier alpha value is -1.99. The van der Waals surface area contributed by atoms with Gasteiger partial charge in [-0.25, -0.2) is 9.97 Å². The molecule has 2 aromatic rings. The second-order valence-corrected chi connectivity index (χ2v) is 6.71. The molecule has 2 aromatic heterocycles. The molecule has 0 unspecified atom stereocenters. The maximum atomic E-state index is 12.7. The Bertz CT molecular complexity index is 739. The van der Waals surface area contributed by atoms with Gasteiger partial charge in [-0.2, -0.15) is 0 Å². The van der Waals surface area contributed by atoms with Crippen LogP contribution in [0.25, 0.3) is 0 Å². The quantitative estimate of drug-likeness (QED) is 0.899. The molecule has 7 heteroatoms. The number of aromatic nitrogens is 2. The van der Waals surface area contributed by atoms with Gasteiger partial charge in [0.25, 0.3) is 5.91 Å². The number of anilines is 1. The first-order chi connectivity index (χ1) is 11.6. The number of carbonyl (C=O) groups excluding carboxylic acids is 1. The van der Waals surface area contributed by atoms with Gasteiger partial charge < -0.3 is 14.8 Å². The van der Waals surface area contributed by atoms with Crippen molar-refractivity contribution in [2.45, 2.75) is 32.6 Å². The van der Waals surface area contributed by atoms with Gasteiger partial charge in [0.05, 0.1) is 35.8 Å². The maximum Gasteiger partial charge on any atom is 0.267 e. The Morgan fingerprint density at radius 3 is 2.96 bits per heavy atom. The van der Waals surface area contributed by atoms with Crippen LogP contribution in [0.4, 0.5) is 5.69 Å². The van der Waals surface area contributed by atoms with Crippen LogP contribution >= 0.6 is 11.3 Å². The van der Waals surface area contributed by atoms with Gasteiger partial charge in [-0.05, 0) is 25.8 Å². The van der Waals surface area contributed by atoms with Gasteiger partial charge in [-0.15, -0.1) is 11.3 Å². The van der Waals surface area contributed by atoms with E-state index in [-0.39, 0.29) is 5.91 Å². The summed E-state index contributed by atoms with van der Waals surface area (Å²) < 4.78 is 10.6. The van der Waals surface area contributed by atoms with Crippen LogP contribution in [-0.2, 0) is 11.2 Å². The van der Waals surface area contributed by atoms with E-state index in [1.54, 1.807) is 13.2 Å². The molecule has 1 atom stereocenters. The topological polar surface area (TPSA) is 73.3 Å². The van der Waals surface area contributed by atoms with Gasteiger partial charge in [0, 0.05) is 18.6 Å². The van der Waals surface area contributed by atoms with Gasteiger partial charge >= 0.3 is 0 Å². The van der Waals surface area contributed by atoms with Crippen molar-refractivity contribution in [3.05, 3.63) is 33.4 Å². The number of hydrogen-bond acceptors (Lipinski definition) is 6. The molecule has 0 saturated carbocycles. The minimum Gasteiger partial charge on any atom is -0.481 e. The number of thiazole rings is 1. The van der Waals surface area contributed by atoms with Gasteiger partial charge in [0.1, 0.15) is 4.88 Å². The van der Waals surface area contributed by atoms with E-state index in [4.69, 9.17) is 9.47 Å². The lowest BCUT2D eigenvalue weighted by molar-refractivity contribution is 0.102. The van der Waals surface area contributed by atoms with Crippen LogP contribution in [0.2, 0.25) is 0 Å². The predicted molar refractivity (Wildman–Crippen MR) is 93.1 cm³/mol. The molecule has 1 aliphatic heterocycles. The summed E-state index contributed by atoms with van der Waals surface area (Å²) in [4.78, 5) is 22.3. The van der Waals surface area contributed by atoms with Crippen molar-refractivity contribution in [3.8, 4) is 5.88 Å². The highest BCUT2D eigenvalue weighted by Gasteiger charge is 2.24. The molecule has 1 saturated heterocycles. The lowest BCUT2D eigenvalue weighted by Crippen LogP contribution is -2.13. The number of carbonyl (C=O) groups is 1. The molecule has 1 N–H and O–H groups in total. The highest BCUT2D eigenvalue weighted by atomic mass is 32.1. The summed E-state index contributed by atoms with van der Waals surface area (Å²) in [5, 5.41) is 3.94. The molecule has 3 rings (SSSR count). The normalized spacial score (nSPS) is 17.0. The summed E-state index contributed by atoms with van der Waals surface area (Å²) in [6, 6.07) is 3.57. The second kappa shape index (κ2) is 7.27. The molecule has 128 valence electrons. The Morgan fingerprint density at radius 2 is 2.29 bits per heavy atom. The molecular formula is C17H21N3O3S. The van der Waals surface area contributed by atoms with Crippen LogP contribution in [0.5, 0.6) is 5.88 Å². The molecule has 0 radical (unpaired) electrons. The van der Waals surface area contributed by atoms with Crippen molar-refractivity contribution >= 4 is 22.9 Å². The zero-order valence-corrected chi connectivity index (χ0v) is 14.9. The molecule has 1 aliphatic rings. The van der Waals surface area contributed by atoms with E-state index in [1.807, 2.05) is 19.9 Å². The summed E-state index contributed by atoms with van der Waals surface area (Å²) in [6.07, 6.45) is 1.68. The van der Waals surface area contributed by atoms with Gasteiger partial charge in [0.15, 0.2) is 0 Å². The summed E-state index contributed by atoms with van der Waals surface area (Å²) >= 11 is 1.46. The average molecular weight is 347 g/mol. The van der Waals surface area contributed by atoms with Crippen LogP contribution in [0.15, 0.2) is 12.1 Å². The third kappa shape index (κ3) is 3.42. The predicted octanol–water partition coefficient (Wildman–Crippen LogP) is 3.17. The van der Waals surface area contributed by atoms with Gasteiger partial charge in [0.2, 0.25) is 5.88 Å². The lowest BCUT2D eigenvalue weighted by atomic mass is 10.1. The smallest absolute Gasteiger partial charge is 0.267 e. The maximum absolute atomic E-state index is 12.7. The number of aryl methyl sites for hydroxylation is 2. The van der Waals surface area contributed by atoms with Gasteiger partial charge in [-0.3, -0.25) is 4.79 Å². The third-order valence-electron chi connectivity index (χ3n) is 4.04. The highest BCUT2D eigenvalue weighted by molar-refractivity contribution is 7.14. The second-order valence-electron chi connectivity index (χ2n) is 5.68. The van der Waals surface area contributed by atoms with Crippen LogP contribution in [0.1, 0.15) is 45.3 Å². The number of methoxy groups -OCH3 is 1. The molecule has 0 spiro atoms. The van der Waals surface area contributed by atoms with Crippen molar-refractivity contribution in [2.24, 2.45) is 0 Å². The average Bonchev–Trinajstić information content (AvgIpc) is 3.24. The summed E-state index contributed by atoms with van der Waals surface area (Å²) in [5.41, 5.74) is 2.27. The van der Waals surface area contributed by atoms with Crippen LogP contribution < -0.4 is 10.1 Å². The first kappa shape index (κ1) is 16.9. The van der Waals surface area contributed by atoms with Crippen LogP contribution in [0, 0.1) is 6.92 Å². The third-order valence-corrected chi connectivity index (χ3v) is 5.36. The summed E-state index contributed by atoms with van der Waals surface area (Å²) in [5.74, 6) is 0.711. The van der Waals surface area contributed by atoms with Crippen molar-refractivity contribution in [1.29, 1.82) is 0 Å². The molecular weight excluding hydrogens is 326 g/mol.